The van der Waals surface area contributed by atoms with Gasteiger partial charge in [0.1, 0.15) is 5.82 Å². The van der Waals surface area contributed by atoms with Crippen LogP contribution in [0, 0.1) is 0 Å². The van der Waals surface area contributed by atoms with E-state index in [4.69, 9.17) is 10.5 Å². The summed E-state index contributed by atoms with van der Waals surface area (Å²) >= 11 is 0. The maximum absolute atomic E-state index is 5.87. The zero-order chi connectivity index (χ0) is 13.0. The summed E-state index contributed by atoms with van der Waals surface area (Å²) in [5.41, 5.74) is 7.74. The summed E-state index contributed by atoms with van der Waals surface area (Å²) in [6, 6.07) is 3.81. The van der Waals surface area contributed by atoms with Gasteiger partial charge in [0.15, 0.2) is 0 Å². The van der Waals surface area contributed by atoms with Crippen LogP contribution in [0.1, 0.15) is 13.8 Å². The number of pyridine rings is 1. The zero-order valence-electron chi connectivity index (χ0n) is 10.7. The second kappa shape index (κ2) is 5.64. The molecule has 2 N–H and O–H groups in total. The van der Waals surface area contributed by atoms with Gasteiger partial charge < -0.3 is 15.0 Å². The van der Waals surface area contributed by atoms with E-state index in [1.54, 1.807) is 18.7 Å². The fourth-order valence-electron chi connectivity index (χ4n) is 1.74. The molecule has 0 atom stereocenters. The van der Waals surface area contributed by atoms with E-state index < -0.39 is 0 Å². The molecule has 2 aromatic rings. The molecule has 0 saturated carbocycles. The first-order valence-corrected chi connectivity index (χ1v) is 6.01. The molecule has 0 aliphatic heterocycles. The Hall–Kier alpha value is -1.88. The third-order valence-electron chi connectivity index (χ3n) is 2.61. The summed E-state index contributed by atoms with van der Waals surface area (Å²) in [7, 11) is 0. The first-order chi connectivity index (χ1) is 8.68. The lowest BCUT2D eigenvalue weighted by molar-refractivity contribution is 0.0729. The third-order valence-corrected chi connectivity index (χ3v) is 2.61. The maximum atomic E-state index is 5.87. The van der Waals surface area contributed by atoms with Crippen LogP contribution in [0.3, 0.4) is 0 Å². The Balaban J connectivity index is 2.15. The number of nitrogens with two attached hydrogens (primary N) is 1. The van der Waals surface area contributed by atoms with Gasteiger partial charge in [-0.2, -0.15) is 0 Å². The van der Waals surface area contributed by atoms with Crippen molar-refractivity contribution in [3.8, 4) is 11.3 Å². The number of aromatic nitrogens is 3. The van der Waals surface area contributed by atoms with Crippen LogP contribution in [0.5, 0.6) is 0 Å². The van der Waals surface area contributed by atoms with E-state index in [0.29, 0.717) is 12.4 Å². The van der Waals surface area contributed by atoms with Gasteiger partial charge in [0.2, 0.25) is 0 Å². The second-order valence-electron chi connectivity index (χ2n) is 4.33. The smallest absolute Gasteiger partial charge is 0.132 e. The molecule has 0 radical (unpaired) electrons. The molecule has 96 valence electrons. The van der Waals surface area contributed by atoms with E-state index in [-0.39, 0.29) is 6.10 Å². The van der Waals surface area contributed by atoms with E-state index >= 15 is 0 Å². The zero-order valence-corrected chi connectivity index (χ0v) is 10.7. The first-order valence-electron chi connectivity index (χ1n) is 6.01. The first kappa shape index (κ1) is 12.6. The molecule has 18 heavy (non-hydrogen) atoms. The molecule has 0 saturated heterocycles. The van der Waals surface area contributed by atoms with Crippen molar-refractivity contribution in [1.29, 1.82) is 0 Å². The topological polar surface area (TPSA) is 66.0 Å². The van der Waals surface area contributed by atoms with Gasteiger partial charge in [0.05, 0.1) is 30.9 Å². The number of nitrogens with zero attached hydrogens (tertiary/aromatic N) is 3. The highest BCUT2D eigenvalue weighted by molar-refractivity contribution is 5.70. The Kier molecular flexibility index (Phi) is 3.94. The highest BCUT2D eigenvalue weighted by Crippen LogP contribution is 2.23. The van der Waals surface area contributed by atoms with Gasteiger partial charge in [-0.1, -0.05) is 0 Å². The molecular formula is C13H18N4O. The van der Waals surface area contributed by atoms with Gasteiger partial charge >= 0.3 is 0 Å². The fourth-order valence-corrected chi connectivity index (χ4v) is 1.74. The highest BCUT2D eigenvalue weighted by Gasteiger charge is 2.08. The lowest BCUT2D eigenvalue weighted by atomic mass is 10.2. The third kappa shape index (κ3) is 2.87. The van der Waals surface area contributed by atoms with Crippen LogP contribution >= 0.6 is 0 Å². The summed E-state index contributed by atoms with van der Waals surface area (Å²) < 4.78 is 7.56. The minimum atomic E-state index is 0.237. The highest BCUT2D eigenvalue weighted by atomic mass is 16.5. The molecule has 2 rings (SSSR count). The lowest BCUT2D eigenvalue weighted by Gasteiger charge is -2.11. The molecule has 5 heteroatoms. The van der Waals surface area contributed by atoms with E-state index in [2.05, 4.69) is 9.97 Å². The monoisotopic (exact) mass is 246 g/mol. The Morgan fingerprint density at radius 3 is 3.00 bits per heavy atom. The van der Waals surface area contributed by atoms with Crippen LogP contribution in [0.2, 0.25) is 0 Å². The quantitative estimate of drug-likeness (QED) is 0.875. The molecule has 0 aromatic carbocycles. The van der Waals surface area contributed by atoms with Crippen molar-refractivity contribution in [2.45, 2.75) is 26.5 Å². The molecule has 0 unspecified atom stereocenters. The van der Waals surface area contributed by atoms with Gasteiger partial charge in [0, 0.05) is 18.3 Å². The minimum Gasteiger partial charge on any atom is -0.383 e. The van der Waals surface area contributed by atoms with Gasteiger partial charge in [-0.3, -0.25) is 0 Å². The summed E-state index contributed by atoms with van der Waals surface area (Å²) in [6.45, 7) is 5.45. The molecule has 0 fully saturated rings. The number of ether oxygens (including phenoxy) is 1. The van der Waals surface area contributed by atoms with Gasteiger partial charge in [0.25, 0.3) is 0 Å². The van der Waals surface area contributed by atoms with Crippen LogP contribution in [-0.4, -0.2) is 27.2 Å². The summed E-state index contributed by atoms with van der Waals surface area (Å²) in [4.78, 5) is 8.25. The molecule has 5 nitrogen and oxygen atoms in total. The number of imidazole rings is 1. The number of nitrogen functional groups attached to an aromatic ring is 1. The Bertz CT molecular complexity index is 507. The predicted molar refractivity (Wildman–Crippen MR) is 71.0 cm³/mol. The maximum Gasteiger partial charge on any atom is 0.132 e. The van der Waals surface area contributed by atoms with Crippen molar-refractivity contribution >= 4 is 5.82 Å². The Morgan fingerprint density at radius 1 is 1.44 bits per heavy atom. The summed E-state index contributed by atoms with van der Waals surface area (Å²) in [5.74, 6) is 0.518. The van der Waals surface area contributed by atoms with Gasteiger partial charge in [-0.15, -0.1) is 0 Å². The van der Waals surface area contributed by atoms with Crippen molar-refractivity contribution in [2.24, 2.45) is 0 Å². The molecule has 0 aliphatic carbocycles. The van der Waals surface area contributed by atoms with Crippen LogP contribution in [0.25, 0.3) is 11.3 Å². The van der Waals surface area contributed by atoms with Crippen molar-refractivity contribution in [3.63, 3.8) is 0 Å². The van der Waals surface area contributed by atoms with Gasteiger partial charge in [-0.05, 0) is 26.0 Å². The minimum absolute atomic E-state index is 0.237. The van der Waals surface area contributed by atoms with Gasteiger partial charge in [-0.25, -0.2) is 9.97 Å². The van der Waals surface area contributed by atoms with Crippen LogP contribution in [0.4, 0.5) is 5.82 Å². The summed E-state index contributed by atoms with van der Waals surface area (Å²) in [5, 5.41) is 0. The molecule has 0 spiro atoms. The molecule has 2 aromatic heterocycles. The number of hydrogen-bond acceptors (Lipinski definition) is 4. The Morgan fingerprint density at radius 2 is 2.28 bits per heavy atom. The second-order valence-corrected chi connectivity index (χ2v) is 4.33. The van der Waals surface area contributed by atoms with E-state index in [1.807, 2.05) is 30.5 Å². The normalized spacial score (nSPS) is 11.1. The average molecular weight is 246 g/mol. The molecular weight excluding hydrogens is 228 g/mol. The van der Waals surface area contributed by atoms with Crippen molar-refractivity contribution < 1.29 is 4.74 Å². The van der Waals surface area contributed by atoms with E-state index in [1.165, 1.54) is 0 Å². The Labute approximate surface area is 107 Å². The summed E-state index contributed by atoms with van der Waals surface area (Å²) in [6.07, 6.45) is 5.50. The van der Waals surface area contributed by atoms with Crippen LogP contribution in [-0.2, 0) is 11.3 Å². The number of rotatable bonds is 5. The average Bonchev–Trinajstić information content (AvgIpc) is 2.77. The van der Waals surface area contributed by atoms with E-state index in [9.17, 15) is 0 Å². The standard InChI is InChI=1S/C13H18N4O/c1-10(2)18-7-6-17-9-15-8-12(17)11-4-3-5-16-13(11)14/h3-5,8-10H,6-7H2,1-2H3,(H2,14,16). The van der Waals surface area contributed by atoms with Crippen molar-refractivity contribution in [3.05, 3.63) is 30.9 Å². The number of hydrogen-bond donors (Lipinski definition) is 1. The predicted octanol–water partition coefficient (Wildman–Crippen LogP) is 1.95. The van der Waals surface area contributed by atoms with E-state index in [0.717, 1.165) is 17.8 Å². The fraction of sp³-hybridized carbons (Fsp3) is 0.385. The number of anilines is 1. The van der Waals surface area contributed by atoms with Crippen molar-refractivity contribution in [1.82, 2.24) is 14.5 Å². The largest absolute Gasteiger partial charge is 0.383 e. The molecule has 2 heterocycles. The lowest BCUT2D eigenvalue weighted by Crippen LogP contribution is -2.11. The van der Waals surface area contributed by atoms with Crippen LogP contribution in [0.15, 0.2) is 30.9 Å². The molecule has 0 aliphatic rings. The molecule has 0 bridgehead atoms. The van der Waals surface area contributed by atoms with Crippen molar-refractivity contribution in [2.75, 3.05) is 12.3 Å². The SMILES string of the molecule is CC(C)OCCn1cncc1-c1cccnc1N. The van der Waals surface area contributed by atoms with Crippen LogP contribution < -0.4 is 5.73 Å². The molecule has 0 amide bonds.